The van der Waals surface area contributed by atoms with Crippen molar-refractivity contribution in [2.24, 2.45) is 0 Å². The van der Waals surface area contributed by atoms with E-state index < -0.39 is 6.10 Å². The van der Waals surface area contributed by atoms with Crippen molar-refractivity contribution < 1.29 is 28.6 Å². The topological polar surface area (TPSA) is 78.9 Å². The molecule has 0 radical (unpaired) electrons. The molecule has 0 bridgehead atoms. The van der Waals surface area contributed by atoms with Gasteiger partial charge < -0.3 is 14.2 Å². The third-order valence-corrected chi connectivity index (χ3v) is 12.6. The molecule has 6 heteroatoms. The van der Waals surface area contributed by atoms with Crippen molar-refractivity contribution >= 4 is 17.9 Å². The van der Waals surface area contributed by atoms with Gasteiger partial charge in [-0.15, -0.1) is 0 Å². The zero-order chi connectivity index (χ0) is 54.3. The molecular formula is C69H112O6. The molecule has 0 saturated carbocycles. The fourth-order valence-electron chi connectivity index (χ4n) is 8.10. The molecule has 0 N–H and O–H groups in total. The molecule has 0 saturated heterocycles. The summed E-state index contributed by atoms with van der Waals surface area (Å²) in [6.07, 6.45) is 87.5. The highest BCUT2D eigenvalue weighted by Gasteiger charge is 2.19. The quantitative estimate of drug-likeness (QED) is 0.0261. The average molecular weight is 1040 g/mol. The van der Waals surface area contributed by atoms with Crippen LogP contribution in [0.25, 0.3) is 0 Å². The second kappa shape index (κ2) is 62.1. The van der Waals surface area contributed by atoms with Crippen LogP contribution in [0.1, 0.15) is 265 Å². The summed E-state index contributed by atoms with van der Waals surface area (Å²) in [5.74, 6) is -1.01. The maximum Gasteiger partial charge on any atom is 0.306 e. The summed E-state index contributed by atoms with van der Waals surface area (Å²) in [5, 5.41) is 0. The number of esters is 3. The summed E-state index contributed by atoms with van der Waals surface area (Å²) in [5.41, 5.74) is 0. The molecule has 0 aliphatic heterocycles. The Balaban J connectivity index is 4.39. The molecule has 0 aromatic carbocycles. The molecule has 0 amide bonds. The summed E-state index contributed by atoms with van der Waals surface area (Å²) in [6, 6.07) is 0. The van der Waals surface area contributed by atoms with E-state index in [2.05, 4.69) is 148 Å². The van der Waals surface area contributed by atoms with Crippen LogP contribution < -0.4 is 0 Å². The standard InChI is InChI=1S/C69H112O6/c1-4-7-10-13-16-19-22-25-27-29-30-31-32-33-34-35-36-37-38-40-41-44-47-50-53-56-59-62-68(71)74-65-66(64-73-67(70)61-58-55-52-49-46-43-24-21-18-15-12-9-6-3)75-69(72)63-60-57-54-51-48-45-42-39-28-26-23-20-17-14-11-8-5-2/h7,9-10,12,16,18-19,21,25-28,30-31,33-34,36-37,43,46,52,55,66H,4-6,8,11,13-15,17,20,22-24,29,32,35,38-42,44-45,47-51,53-54,56-65H2,1-3H3/b10-7-,12-9-,19-16-,21-18-,27-25-,28-26-,31-30-,34-33-,37-36-,46-43-,55-52-. The molecule has 0 aromatic rings. The van der Waals surface area contributed by atoms with Crippen LogP contribution in [0, 0.1) is 0 Å². The highest BCUT2D eigenvalue weighted by molar-refractivity contribution is 5.71. The van der Waals surface area contributed by atoms with Gasteiger partial charge in [0.15, 0.2) is 6.10 Å². The van der Waals surface area contributed by atoms with E-state index in [4.69, 9.17) is 14.2 Å². The average Bonchev–Trinajstić information content (AvgIpc) is 3.41. The smallest absolute Gasteiger partial charge is 0.306 e. The van der Waals surface area contributed by atoms with Crippen LogP contribution in [0.2, 0.25) is 0 Å². The van der Waals surface area contributed by atoms with Gasteiger partial charge in [-0.25, -0.2) is 0 Å². The van der Waals surface area contributed by atoms with Gasteiger partial charge in [0.25, 0.3) is 0 Å². The SMILES string of the molecule is CC/C=C\C/C=C\C/C=C\C/C=C\C/C=C\C/C=C\CCCCCCCCCCC(=O)OCC(COC(=O)CC/C=C\C/C=C\C/C=C\C/C=C\CC)OC(=O)CCCCCCCCC/C=C\CCCCCCCC. The third kappa shape index (κ3) is 60.3. The molecule has 75 heavy (non-hydrogen) atoms. The van der Waals surface area contributed by atoms with Crippen LogP contribution in [-0.4, -0.2) is 37.2 Å². The number of carbonyl (C=O) groups is 3. The second-order valence-electron chi connectivity index (χ2n) is 19.8. The minimum Gasteiger partial charge on any atom is -0.462 e. The molecule has 0 rings (SSSR count). The monoisotopic (exact) mass is 1040 g/mol. The minimum atomic E-state index is -0.818. The second-order valence-corrected chi connectivity index (χ2v) is 19.8. The minimum absolute atomic E-state index is 0.110. The summed E-state index contributed by atoms with van der Waals surface area (Å²) < 4.78 is 16.8. The van der Waals surface area contributed by atoms with E-state index in [9.17, 15) is 14.4 Å². The van der Waals surface area contributed by atoms with Gasteiger partial charge in [0.05, 0.1) is 0 Å². The lowest BCUT2D eigenvalue weighted by molar-refractivity contribution is -0.166. The van der Waals surface area contributed by atoms with Crippen molar-refractivity contribution in [3.8, 4) is 0 Å². The maximum atomic E-state index is 12.9. The van der Waals surface area contributed by atoms with Crippen LogP contribution in [0.4, 0.5) is 0 Å². The van der Waals surface area contributed by atoms with E-state index in [0.29, 0.717) is 19.3 Å². The summed E-state index contributed by atoms with van der Waals surface area (Å²) in [6.45, 7) is 6.33. The molecule has 0 heterocycles. The Labute approximate surface area is 462 Å². The number of ether oxygens (including phenoxy) is 3. The first-order valence-electron chi connectivity index (χ1n) is 30.7. The molecule has 1 atom stereocenters. The highest BCUT2D eigenvalue weighted by Crippen LogP contribution is 2.15. The summed E-state index contributed by atoms with van der Waals surface area (Å²) in [7, 11) is 0. The van der Waals surface area contributed by atoms with Crippen LogP contribution >= 0.6 is 0 Å². The van der Waals surface area contributed by atoms with Crippen LogP contribution in [0.15, 0.2) is 134 Å². The molecular weight excluding hydrogens is 925 g/mol. The molecule has 6 nitrogen and oxygen atoms in total. The molecule has 0 fully saturated rings. The van der Waals surface area contributed by atoms with Crippen LogP contribution in [-0.2, 0) is 28.6 Å². The fourth-order valence-corrected chi connectivity index (χ4v) is 8.10. The first kappa shape index (κ1) is 70.5. The normalized spacial score (nSPS) is 13.1. The first-order valence-corrected chi connectivity index (χ1v) is 30.7. The zero-order valence-corrected chi connectivity index (χ0v) is 48.5. The number of carbonyl (C=O) groups excluding carboxylic acids is 3. The van der Waals surface area contributed by atoms with E-state index in [0.717, 1.165) is 109 Å². The Morgan fingerprint density at radius 2 is 0.547 bits per heavy atom. The summed E-state index contributed by atoms with van der Waals surface area (Å²) >= 11 is 0. The lowest BCUT2D eigenvalue weighted by Crippen LogP contribution is -2.30. The number of unbranched alkanes of at least 4 members (excludes halogenated alkanes) is 21. The van der Waals surface area contributed by atoms with Gasteiger partial charge in [-0.2, -0.15) is 0 Å². The Morgan fingerprint density at radius 1 is 0.280 bits per heavy atom. The number of hydrogen-bond donors (Lipinski definition) is 0. The van der Waals surface area contributed by atoms with Gasteiger partial charge in [0.1, 0.15) is 13.2 Å². The molecule has 0 aromatic heterocycles. The molecule has 0 aliphatic rings. The number of allylic oxidation sites excluding steroid dienone is 22. The van der Waals surface area contributed by atoms with Gasteiger partial charge in [-0.3, -0.25) is 14.4 Å². The van der Waals surface area contributed by atoms with Crippen molar-refractivity contribution in [2.75, 3.05) is 13.2 Å². The van der Waals surface area contributed by atoms with Gasteiger partial charge in [0, 0.05) is 19.3 Å². The van der Waals surface area contributed by atoms with Crippen molar-refractivity contribution in [2.45, 2.75) is 271 Å². The van der Waals surface area contributed by atoms with E-state index >= 15 is 0 Å². The van der Waals surface area contributed by atoms with Crippen molar-refractivity contribution in [1.82, 2.24) is 0 Å². The Bertz CT molecular complexity index is 1620. The van der Waals surface area contributed by atoms with Crippen molar-refractivity contribution in [3.63, 3.8) is 0 Å². The van der Waals surface area contributed by atoms with E-state index in [1.54, 1.807) is 0 Å². The van der Waals surface area contributed by atoms with Gasteiger partial charge in [-0.05, 0) is 122 Å². The third-order valence-electron chi connectivity index (χ3n) is 12.6. The molecule has 424 valence electrons. The molecule has 1 unspecified atom stereocenters. The Hall–Kier alpha value is -4.45. The highest BCUT2D eigenvalue weighted by atomic mass is 16.6. The van der Waals surface area contributed by atoms with E-state index in [1.165, 1.54) is 109 Å². The number of rotatable bonds is 54. The molecule has 0 aliphatic carbocycles. The largest absolute Gasteiger partial charge is 0.462 e. The fraction of sp³-hybridized carbons (Fsp3) is 0.638. The first-order chi connectivity index (χ1) is 37.0. The van der Waals surface area contributed by atoms with E-state index in [1.807, 2.05) is 6.08 Å². The van der Waals surface area contributed by atoms with Gasteiger partial charge in [-0.1, -0.05) is 257 Å². The maximum absolute atomic E-state index is 12.9. The summed E-state index contributed by atoms with van der Waals surface area (Å²) in [4.78, 5) is 38.2. The zero-order valence-electron chi connectivity index (χ0n) is 48.5. The van der Waals surface area contributed by atoms with Crippen molar-refractivity contribution in [1.29, 1.82) is 0 Å². The predicted octanol–water partition coefficient (Wildman–Crippen LogP) is 21.0. The Morgan fingerprint density at radius 3 is 0.907 bits per heavy atom. The van der Waals surface area contributed by atoms with Crippen LogP contribution in [0.3, 0.4) is 0 Å². The lowest BCUT2D eigenvalue weighted by Gasteiger charge is -2.18. The van der Waals surface area contributed by atoms with Crippen LogP contribution in [0.5, 0.6) is 0 Å². The Kier molecular flexibility index (Phi) is 58.4. The van der Waals surface area contributed by atoms with Gasteiger partial charge in [0.2, 0.25) is 0 Å². The lowest BCUT2D eigenvalue weighted by atomic mass is 10.1. The van der Waals surface area contributed by atoms with Gasteiger partial charge >= 0.3 is 17.9 Å². The number of hydrogen-bond acceptors (Lipinski definition) is 6. The molecule has 0 spiro atoms. The van der Waals surface area contributed by atoms with E-state index in [-0.39, 0.29) is 37.5 Å². The van der Waals surface area contributed by atoms with Crippen molar-refractivity contribution in [3.05, 3.63) is 134 Å². The predicted molar refractivity (Wildman–Crippen MR) is 325 cm³/mol.